The Morgan fingerprint density at radius 1 is 0.767 bits per heavy atom. The number of rotatable bonds is 4. The molecule has 4 aromatic rings. The van der Waals surface area contributed by atoms with Gasteiger partial charge in [0.15, 0.2) is 0 Å². The molecule has 0 fully saturated rings. The van der Waals surface area contributed by atoms with Crippen molar-refractivity contribution < 1.29 is 38.6 Å². The Balaban J connectivity index is 0.00000256. The molecule has 2 aromatic heterocycles. The van der Waals surface area contributed by atoms with Crippen LogP contribution in [-0.2, 0) is 26.5 Å². The second-order valence-electron chi connectivity index (χ2n) is 6.78. The van der Waals surface area contributed by atoms with Gasteiger partial charge < -0.3 is 0 Å². The number of aromatic nitrogens is 2. The van der Waals surface area contributed by atoms with Gasteiger partial charge in [-0.2, -0.15) is 22.7 Å². The van der Waals surface area contributed by atoms with Gasteiger partial charge in [-0.1, -0.05) is 23.3 Å². The van der Waals surface area contributed by atoms with E-state index in [4.69, 9.17) is 0 Å². The minimum atomic E-state index is -0.734. The molecule has 0 N–H and O–H groups in total. The Hall–Kier alpha value is -1.89. The molecule has 2 aromatic carbocycles. The summed E-state index contributed by atoms with van der Waals surface area (Å²) in [5, 5.41) is 4.29. The third kappa shape index (κ3) is 4.27. The van der Waals surface area contributed by atoms with E-state index in [1.807, 2.05) is 13.8 Å². The van der Waals surface area contributed by atoms with Crippen LogP contribution in [0.1, 0.15) is 25.2 Å². The summed E-state index contributed by atoms with van der Waals surface area (Å²) in [4.78, 5) is 8.98. The smallest absolute Gasteiger partial charge is 0.289 e. The molecule has 0 aliphatic rings. The SMILES string of the molecule is CC(C)(c1csc(-c2[c-]cc(F)cc2F)n1)c1csc(-c2[c-]cc(F)cc2F)n1.[Pt+2]. The Kier molecular flexibility index (Phi) is 6.60. The minimum Gasteiger partial charge on any atom is -0.289 e. The van der Waals surface area contributed by atoms with E-state index in [1.165, 1.54) is 22.7 Å². The summed E-state index contributed by atoms with van der Waals surface area (Å²) in [6.07, 6.45) is 0. The molecule has 30 heavy (non-hydrogen) atoms. The first-order valence-corrected chi connectivity index (χ1v) is 10.2. The van der Waals surface area contributed by atoms with Crippen molar-refractivity contribution in [2.45, 2.75) is 19.3 Å². The van der Waals surface area contributed by atoms with Crippen LogP contribution in [-0.4, -0.2) is 9.97 Å². The first kappa shape index (κ1) is 22.8. The fraction of sp³-hybridized carbons (Fsp3) is 0.143. The van der Waals surface area contributed by atoms with Crippen LogP contribution in [0.25, 0.3) is 21.1 Å². The molecule has 2 nitrogen and oxygen atoms in total. The average Bonchev–Trinajstić information content (AvgIpc) is 3.32. The van der Waals surface area contributed by atoms with Crippen molar-refractivity contribution >= 4 is 22.7 Å². The Bertz CT molecular complexity index is 1110. The van der Waals surface area contributed by atoms with Crippen LogP contribution in [0, 0.1) is 35.4 Å². The number of halogens is 4. The predicted octanol–water partition coefficient (Wildman–Crippen LogP) is 6.41. The number of benzene rings is 2. The average molecular weight is 628 g/mol. The molecule has 0 bridgehead atoms. The molecule has 0 atom stereocenters. The molecule has 0 saturated carbocycles. The van der Waals surface area contributed by atoms with Crippen LogP contribution < -0.4 is 0 Å². The topological polar surface area (TPSA) is 25.8 Å². The Morgan fingerprint density at radius 3 is 1.53 bits per heavy atom. The quantitative estimate of drug-likeness (QED) is 0.193. The molecule has 2 heterocycles. The van der Waals surface area contributed by atoms with Crippen molar-refractivity contribution in [2.24, 2.45) is 0 Å². The van der Waals surface area contributed by atoms with E-state index < -0.39 is 28.7 Å². The van der Waals surface area contributed by atoms with Crippen LogP contribution >= 0.6 is 22.7 Å². The predicted molar refractivity (Wildman–Crippen MR) is 105 cm³/mol. The number of hydrogen-bond donors (Lipinski definition) is 0. The second kappa shape index (κ2) is 8.69. The third-order valence-corrected chi connectivity index (χ3v) is 6.15. The third-order valence-electron chi connectivity index (χ3n) is 4.43. The van der Waals surface area contributed by atoms with E-state index in [1.54, 1.807) is 10.8 Å². The maximum Gasteiger partial charge on any atom is 2.00 e. The zero-order valence-corrected chi connectivity index (χ0v) is 19.4. The van der Waals surface area contributed by atoms with Gasteiger partial charge in [-0.05, 0) is 13.8 Å². The molecular weight excluding hydrogens is 615 g/mol. The van der Waals surface area contributed by atoms with Crippen molar-refractivity contribution in [1.29, 1.82) is 0 Å². The molecule has 156 valence electrons. The monoisotopic (exact) mass is 627 g/mol. The van der Waals surface area contributed by atoms with E-state index in [0.29, 0.717) is 21.4 Å². The van der Waals surface area contributed by atoms with Crippen molar-refractivity contribution in [3.63, 3.8) is 0 Å². The maximum atomic E-state index is 14.0. The number of hydrogen-bond acceptors (Lipinski definition) is 4. The van der Waals surface area contributed by atoms with Crippen LogP contribution in [0.4, 0.5) is 17.6 Å². The van der Waals surface area contributed by atoms with Gasteiger partial charge in [0.05, 0.1) is 11.4 Å². The van der Waals surface area contributed by atoms with Gasteiger partial charge in [0, 0.05) is 49.5 Å². The van der Waals surface area contributed by atoms with E-state index in [9.17, 15) is 17.6 Å². The standard InChI is InChI=1S/C21H12F4N2S2.Pt/c1-21(2,17-9-28-19(26-17)13-5-3-11(22)7-15(13)24)18-10-29-20(27-18)14-6-4-12(23)8-16(14)25;/h3-4,7-10H,1-2H3;/q-2;+2. The largest absolute Gasteiger partial charge is 2.00 e. The fourth-order valence-corrected chi connectivity index (χ4v) is 4.69. The van der Waals surface area contributed by atoms with Crippen molar-refractivity contribution in [3.05, 3.63) is 81.8 Å². The van der Waals surface area contributed by atoms with Crippen LogP contribution in [0.15, 0.2) is 35.0 Å². The number of thiazole rings is 2. The van der Waals surface area contributed by atoms with E-state index in [0.717, 1.165) is 24.3 Å². The molecule has 0 spiro atoms. The van der Waals surface area contributed by atoms with Crippen molar-refractivity contribution in [2.75, 3.05) is 0 Å². The first-order chi connectivity index (χ1) is 13.8. The summed E-state index contributed by atoms with van der Waals surface area (Å²) in [5.41, 5.74) is 0.808. The summed E-state index contributed by atoms with van der Waals surface area (Å²) in [5.74, 6) is -2.88. The molecular formula is C21H12F4N2PtS2. The zero-order valence-electron chi connectivity index (χ0n) is 15.5. The van der Waals surface area contributed by atoms with Crippen LogP contribution in [0.3, 0.4) is 0 Å². The van der Waals surface area contributed by atoms with Gasteiger partial charge in [-0.25, -0.2) is 0 Å². The molecule has 0 saturated heterocycles. The van der Waals surface area contributed by atoms with Gasteiger partial charge in [-0.3, -0.25) is 27.5 Å². The molecule has 0 radical (unpaired) electrons. The van der Waals surface area contributed by atoms with Crippen molar-refractivity contribution in [3.8, 4) is 21.1 Å². The van der Waals surface area contributed by atoms with Crippen LogP contribution in [0.2, 0.25) is 0 Å². The maximum absolute atomic E-state index is 14.0. The normalized spacial score (nSPS) is 11.4. The molecule has 0 aliphatic heterocycles. The summed E-state index contributed by atoms with van der Waals surface area (Å²) in [6, 6.07) is 8.84. The van der Waals surface area contributed by atoms with Gasteiger partial charge in [-0.15, -0.1) is 24.3 Å². The molecule has 4 rings (SSSR count). The first-order valence-electron chi connectivity index (χ1n) is 8.42. The Morgan fingerprint density at radius 2 is 1.17 bits per heavy atom. The minimum absolute atomic E-state index is 0. The fourth-order valence-electron chi connectivity index (χ4n) is 2.70. The van der Waals surface area contributed by atoms with Gasteiger partial charge in [0.2, 0.25) is 0 Å². The molecule has 0 amide bonds. The summed E-state index contributed by atoms with van der Waals surface area (Å²) in [7, 11) is 0. The van der Waals surface area contributed by atoms with Crippen molar-refractivity contribution in [1.82, 2.24) is 9.97 Å². The van der Waals surface area contributed by atoms with Gasteiger partial charge in [0.1, 0.15) is 0 Å². The van der Waals surface area contributed by atoms with E-state index in [2.05, 4.69) is 22.1 Å². The molecule has 9 heteroatoms. The van der Waals surface area contributed by atoms with Gasteiger partial charge in [0.25, 0.3) is 0 Å². The summed E-state index contributed by atoms with van der Waals surface area (Å²) < 4.78 is 54.3. The zero-order chi connectivity index (χ0) is 20.8. The van der Waals surface area contributed by atoms with E-state index >= 15 is 0 Å². The molecule has 0 unspecified atom stereocenters. The van der Waals surface area contributed by atoms with Gasteiger partial charge >= 0.3 is 21.1 Å². The Labute approximate surface area is 192 Å². The van der Waals surface area contributed by atoms with Crippen LogP contribution in [0.5, 0.6) is 0 Å². The second-order valence-corrected chi connectivity index (χ2v) is 8.50. The summed E-state index contributed by atoms with van der Waals surface area (Å²) in [6.45, 7) is 3.78. The molecule has 0 aliphatic carbocycles. The number of nitrogens with zero attached hydrogens (tertiary/aromatic N) is 2. The van der Waals surface area contributed by atoms with E-state index in [-0.39, 0.29) is 32.2 Å². The summed E-state index contributed by atoms with van der Waals surface area (Å²) >= 11 is 2.43.